The van der Waals surface area contributed by atoms with E-state index in [1.807, 2.05) is 0 Å². The Bertz CT molecular complexity index is 533. The zero-order valence-electron chi connectivity index (χ0n) is 13.2. The van der Waals surface area contributed by atoms with E-state index in [0.717, 1.165) is 6.42 Å². The summed E-state index contributed by atoms with van der Waals surface area (Å²) in [5, 5.41) is 5.50. The van der Waals surface area contributed by atoms with Crippen LogP contribution in [-0.4, -0.2) is 50.8 Å². The largest absolute Gasteiger partial charge is 0.497 e. The topological polar surface area (TPSA) is 103 Å². The molecule has 1 fully saturated rings. The molecule has 1 saturated heterocycles. The molecule has 2 amide bonds. The number of nitrogens with one attached hydrogen (secondary N) is 2. The molecule has 0 aromatic heterocycles. The quantitative estimate of drug-likeness (QED) is 0.616. The van der Waals surface area contributed by atoms with Gasteiger partial charge in [0.05, 0.1) is 13.2 Å². The van der Waals surface area contributed by atoms with E-state index in [0.29, 0.717) is 37.4 Å². The van der Waals surface area contributed by atoms with Gasteiger partial charge in [-0.05, 0) is 37.1 Å². The minimum atomic E-state index is -0.430. The van der Waals surface area contributed by atoms with E-state index < -0.39 is 6.10 Å². The molecule has 0 saturated carbocycles. The van der Waals surface area contributed by atoms with Gasteiger partial charge in [0.1, 0.15) is 11.9 Å². The lowest BCUT2D eigenvalue weighted by molar-refractivity contribution is -0.131. The van der Waals surface area contributed by atoms with Gasteiger partial charge >= 0.3 is 0 Å². The van der Waals surface area contributed by atoms with Crippen LogP contribution in [-0.2, 0) is 9.53 Å². The highest BCUT2D eigenvalue weighted by atomic mass is 16.5. The van der Waals surface area contributed by atoms with E-state index in [4.69, 9.17) is 15.2 Å². The molecule has 0 bridgehead atoms. The number of carbonyl (C=O) groups excluding carboxylic acids is 2. The Morgan fingerprint density at radius 3 is 2.52 bits per heavy atom. The maximum Gasteiger partial charge on any atom is 0.251 e. The van der Waals surface area contributed by atoms with Crippen LogP contribution in [0.2, 0.25) is 0 Å². The molecule has 2 atom stereocenters. The standard InChI is InChI=1S/C16H23N3O4/c1-22-12-4-2-11(3-5-12)15(20)18-8-9-19-16(21)14-7-6-13(10-17)23-14/h2-5,13-14H,6-10,17H2,1H3,(H,18,20)(H,19,21)/t13-,14+/m1/s1. The molecule has 23 heavy (non-hydrogen) atoms. The van der Waals surface area contributed by atoms with Gasteiger partial charge in [-0.3, -0.25) is 9.59 Å². The second-order valence-corrected chi connectivity index (χ2v) is 5.34. The zero-order valence-corrected chi connectivity index (χ0v) is 13.2. The fourth-order valence-corrected chi connectivity index (χ4v) is 2.39. The third-order valence-corrected chi connectivity index (χ3v) is 3.72. The van der Waals surface area contributed by atoms with Gasteiger partial charge in [-0.2, -0.15) is 0 Å². The SMILES string of the molecule is COc1ccc(C(=O)NCCNC(=O)[C@@H]2CC[C@H](CN)O2)cc1. The van der Waals surface area contributed by atoms with Gasteiger partial charge in [0.2, 0.25) is 5.91 Å². The first-order chi connectivity index (χ1) is 11.1. The molecule has 1 aromatic rings. The van der Waals surface area contributed by atoms with Crippen molar-refractivity contribution >= 4 is 11.8 Å². The van der Waals surface area contributed by atoms with Crippen LogP contribution in [0.25, 0.3) is 0 Å². The molecule has 0 aliphatic carbocycles. The lowest BCUT2D eigenvalue weighted by Crippen LogP contribution is -2.40. The number of rotatable bonds is 7. The Kier molecular flexibility index (Phi) is 6.37. The molecule has 1 aliphatic heterocycles. The number of nitrogens with two attached hydrogens (primary N) is 1. The monoisotopic (exact) mass is 321 g/mol. The van der Waals surface area contributed by atoms with E-state index in [-0.39, 0.29) is 17.9 Å². The summed E-state index contributed by atoms with van der Waals surface area (Å²) in [6.07, 6.45) is 1.04. The molecule has 7 heteroatoms. The first-order valence-electron chi connectivity index (χ1n) is 7.69. The van der Waals surface area contributed by atoms with E-state index >= 15 is 0 Å². The van der Waals surface area contributed by atoms with Crippen molar-refractivity contribution in [2.45, 2.75) is 25.0 Å². The predicted octanol–water partition coefficient (Wildman–Crippen LogP) is 0.0475. The molecular formula is C16H23N3O4. The van der Waals surface area contributed by atoms with E-state index in [9.17, 15) is 9.59 Å². The van der Waals surface area contributed by atoms with E-state index in [2.05, 4.69) is 10.6 Å². The summed E-state index contributed by atoms with van der Waals surface area (Å²) < 4.78 is 10.5. The normalized spacial score (nSPS) is 20.1. The summed E-state index contributed by atoms with van der Waals surface area (Å²) in [6, 6.07) is 6.82. The van der Waals surface area contributed by atoms with Crippen molar-refractivity contribution in [2.75, 3.05) is 26.7 Å². The Balaban J connectivity index is 1.66. The second kappa shape index (κ2) is 8.50. The van der Waals surface area contributed by atoms with E-state index in [1.54, 1.807) is 31.4 Å². The molecule has 1 aliphatic rings. The van der Waals surface area contributed by atoms with Gasteiger partial charge in [0.25, 0.3) is 5.91 Å². The summed E-state index contributed by atoms with van der Waals surface area (Å²) in [5.41, 5.74) is 6.06. The van der Waals surface area contributed by atoms with Crippen molar-refractivity contribution < 1.29 is 19.1 Å². The second-order valence-electron chi connectivity index (χ2n) is 5.34. The van der Waals surface area contributed by atoms with Crippen LogP contribution in [0, 0.1) is 0 Å². The van der Waals surface area contributed by atoms with Crippen LogP contribution in [0.4, 0.5) is 0 Å². The Morgan fingerprint density at radius 2 is 1.91 bits per heavy atom. The number of carbonyl (C=O) groups is 2. The van der Waals surface area contributed by atoms with Crippen molar-refractivity contribution in [1.82, 2.24) is 10.6 Å². The Hall–Kier alpha value is -2.12. The first-order valence-corrected chi connectivity index (χ1v) is 7.69. The summed E-state index contributed by atoms with van der Waals surface area (Å²) >= 11 is 0. The zero-order chi connectivity index (χ0) is 16.7. The van der Waals surface area contributed by atoms with Gasteiger partial charge in [-0.25, -0.2) is 0 Å². The van der Waals surface area contributed by atoms with Crippen LogP contribution in [0.1, 0.15) is 23.2 Å². The van der Waals surface area contributed by atoms with Gasteiger partial charge in [0.15, 0.2) is 0 Å². The lowest BCUT2D eigenvalue weighted by atomic mass is 10.2. The molecule has 126 valence electrons. The van der Waals surface area contributed by atoms with Crippen molar-refractivity contribution in [3.8, 4) is 5.75 Å². The van der Waals surface area contributed by atoms with Gasteiger partial charge in [-0.1, -0.05) is 0 Å². The highest BCUT2D eigenvalue weighted by Gasteiger charge is 2.29. The average molecular weight is 321 g/mol. The molecule has 1 aromatic carbocycles. The summed E-state index contributed by atoms with van der Waals surface area (Å²) in [7, 11) is 1.57. The number of hydrogen-bond donors (Lipinski definition) is 3. The maximum atomic E-state index is 11.9. The van der Waals surface area contributed by atoms with Crippen molar-refractivity contribution in [1.29, 1.82) is 0 Å². The van der Waals surface area contributed by atoms with Crippen LogP contribution in [0.5, 0.6) is 5.75 Å². The van der Waals surface area contributed by atoms with Crippen molar-refractivity contribution in [3.05, 3.63) is 29.8 Å². The number of hydrogen-bond acceptors (Lipinski definition) is 5. The minimum Gasteiger partial charge on any atom is -0.497 e. The smallest absolute Gasteiger partial charge is 0.251 e. The third kappa shape index (κ3) is 4.94. The first kappa shape index (κ1) is 17.2. The highest BCUT2D eigenvalue weighted by molar-refractivity contribution is 5.94. The number of ether oxygens (including phenoxy) is 2. The lowest BCUT2D eigenvalue weighted by Gasteiger charge is -2.13. The van der Waals surface area contributed by atoms with Gasteiger partial charge < -0.3 is 25.8 Å². The predicted molar refractivity (Wildman–Crippen MR) is 85.3 cm³/mol. The van der Waals surface area contributed by atoms with Crippen molar-refractivity contribution in [2.24, 2.45) is 5.73 Å². The molecule has 2 rings (SSSR count). The maximum absolute atomic E-state index is 11.9. The molecule has 0 spiro atoms. The summed E-state index contributed by atoms with van der Waals surface area (Å²) in [4.78, 5) is 23.8. The number of benzene rings is 1. The van der Waals surface area contributed by atoms with Crippen LogP contribution >= 0.6 is 0 Å². The molecular weight excluding hydrogens is 298 g/mol. The van der Waals surface area contributed by atoms with Crippen LogP contribution in [0.15, 0.2) is 24.3 Å². The van der Waals surface area contributed by atoms with Crippen molar-refractivity contribution in [3.63, 3.8) is 0 Å². The number of methoxy groups -OCH3 is 1. The molecule has 4 N–H and O–H groups in total. The number of amides is 2. The highest BCUT2D eigenvalue weighted by Crippen LogP contribution is 2.18. The fraction of sp³-hybridized carbons (Fsp3) is 0.500. The van der Waals surface area contributed by atoms with Crippen LogP contribution < -0.4 is 21.1 Å². The summed E-state index contributed by atoms with van der Waals surface area (Å²) in [6.45, 7) is 1.14. The van der Waals surface area contributed by atoms with E-state index in [1.165, 1.54) is 0 Å². The van der Waals surface area contributed by atoms with Gasteiger partial charge in [-0.15, -0.1) is 0 Å². The molecule has 0 radical (unpaired) electrons. The molecule has 7 nitrogen and oxygen atoms in total. The Morgan fingerprint density at radius 1 is 1.22 bits per heavy atom. The van der Waals surface area contributed by atoms with Crippen LogP contribution in [0.3, 0.4) is 0 Å². The summed E-state index contributed by atoms with van der Waals surface area (Å²) in [5.74, 6) is 0.350. The average Bonchev–Trinajstić information content (AvgIpc) is 3.07. The Labute approximate surface area is 135 Å². The van der Waals surface area contributed by atoms with Gasteiger partial charge in [0, 0.05) is 25.2 Å². The third-order valence-electron chi connectivity index (χ3n) is 3.72. The fourth-order valence-electron chi connectivity index (χ4n) is 2.39. The molecule has 0 unspecified atom stereocenters. The molecule has 1 heterocycles. The minimum absolute atomic E-state index is 0.0273.